The van der Waals surface area contributed by atoms with E-state index >= 15 is 0 Å². The van der Waals surface area contributed by atoms with Crippen molar-refractivity contribution in [3.63, 3.8) is 0 Å². The monoisotopic (exact) mass is 335 g/mol. The molecule has 2 aliphatic heterocycles. The number of esters is 1. The van der Waals surface area contributed by atoms with Crippen LogP contribution in [0.25, 0.3) is 0 Å². The molecule has 1 aromatic rings. The highest BCUT2D eigenvalue weighted by molar-refractivity contribution is 8.00. The Hall–Kier alpha value is -1.53. The van der Waals surface area contributed by atoms with Crippen LogP contribution in [0.3, 0.4) is 0 Å². The number of fused-ring (bicyclic) bond motifs is 1. The first-order valence-electron chi connectivity index (χ1n) is 8.02. The van der Waals surface area contributed by atoms with Gasteiger partial charge >= 0.3 is 5.97 Å². The summed E-state index contributed by atoms with van der Waals surface area (Å²) in [6.45, 7) is 6.59. The molecule has 0 saturated carbocycles. The van der Waals surface area contributed by atoms with E-state index < -0.39 is 5.97 Å². The number of piperidine rings is 1. The summed E-state index contributed by atoms with van der Waals surface area (Å²) in [4.78, 5) is 26.5. The van der Waals surface area contributed by atoms with Gasteiger partial charge in [-0.3, -0.25) is 4.79 Å². The summed E-state index contributed by atoms with van der Waals surface area (Å²) < 4.78 is 4.73. The van der Waals surface area contributed by atoms with Gasteiger partial charge in [0.2, 0.25) is 5.37 Å². The van der Waals surface area contributed by atoms with Crippen LogP contribution in [0.2, 0.25) is 0 Å². The number of hydrogen-bond donors (Lipinski definition) is 2. The molecule has 2 aliphatic rings. The predicted molar refractivity (Wildman–Crippen MR) is 89.7 cm³/mol. The summed E-state index contributed by atoms with van der Waals surface area (Å²) in [7, 11) is 1.35. The molecule has 0 aromatic heterocycles. The van der Waals surface area contributed by atoms with Crippen molar-refractivity contribution in [1.82, 2.24) is 0 Å². The summed E-state index contributed by atoms with van der Waals surface area (Å²) in [5, 5.41) is 2.85. The first-order valence-corrected chi connectivity index (χ1v) is 8.90. The molecule has 2 N–H and O–H groups in total. The number of quaternary nitrogens is 1. The van der Waals surface area contributed by atoms with Crippen molar-refractivity contribution in [3.05, 3.63) is 23.8 Å². The number of anilines is 1. The Balaban J connectivity index is 1.81. The van der Waals surface area contributed by atoms with Crippen LogP contribution < -0.4 is 10.2 Å². The van der Waals surface area contributed by atoms with Crippen LogP contribution >= 0.6 is 11.8 Å². The highest BCUT2D eigenvalue weighted by Crippen LogP contribution is 2.34. The number of rotatable bonds is 2. The number of carbonyl (C=O) groups excluding carboxylic acids is 2. The van der Waals surface area contributed by atoms with Crippen molar-refractivity contribution in [2.45, 2.75) is 30.5 Å². The minimum Gasteiger partial charge on any atom is -0.465 e. The van der Waals surface area contributed by atoms with Crippen LogP contribution in [0.5, 0.6) is 0 Å². The Morgan fingerprint density at radius 1 is 1.30 bits per heavy atom. The Bertz CT molecular complexity index is 624. The van der Waals surface area contributed by atoms with Crippen molar-refractivity contribution in [2.75, 3.05) is 25.5 Å². The Labute approximate surface area is 140 Å². The topological polar surface area (TPSA) is 59.8 Å². The lowest BCUT2D eigenvalue weighted by atomic mass is 9.92. The Kier molecular flexibility index (Phi) is 4.64. The van der Waals surface area contributed by atoms with Gasteiger partial charge in [-0.2, -0.15) is 0 Å². The molecule has 0 aliphatic carbocycles. The van der Waals surface area contributed by atoms with Gasteiger partial charge in [0.15, 0.2) is 0 Å². The molecule has 1 fully saturated rings. The molecule has 2 heterocycles. The van der Waals surface area contributed by atoms with Gasteiger partial charge in [-0.1, -0.05) is 25.6 Å². The van der Waals surface area contributed by atoms with Gasteiger partial charge < -0.3 is 15.0 Å². The van der Waals surface area contributed by atoms with E-state index in [1.165, 1.54) is 18.4 Å². The lowest BCUT2D eigenvalue weighted by molar-refractivity contribution is -0.913. The van der Waals surface area contributed by atoms with E-state index in [0.29, 0.717) is 23.1 Å². The van der Waals surface area contributed by atoms with E-state index in [1.807, 2.05) is 6.07 Å². The molecular formula is C17H23N2O3S+. The fourth-order valence-electron chi connectivity index (χ4n) is 3.67. The maximum absolute atomic E-state index is 12.6. The van der Waals surface area contributed by atoms with Gasteiger partial charge in [0.05, 0.1) is 31.5 Å². The van der Waals surface area contributed by atoms with Crippen LogP contribution in [0.15, 0.2) is 23.1 Å². The smallest absolute Gasteiger partial charge is 0.337 e. The molecule has 0 bridgehead atoms. The van der Waals surface area contributed by atoms with Crippen LogP contribution in [-0.4, -0.2) is 37.4 Å². The molecule has 1 amide bonds. The van der Waals surface area contributed by atoms with Crippen LogP contribution in [-0.2, 0) is 9.53 Å². The quantitative estimate of drug-likeness (QED) is 0.802. The number of amides is 1. The molecule has 3 unspecified atom stereocenters. The van der Waals surface area contributed by atoms with Crippen LogP contribution in [0, 0.1) is 11.8 Å². The number of thioether (sulfide) groups is 1. The lowest BCUT2D eigenvalue weighted by Crippen LogP contribution is -3.18. The van der Waals surface area contributed by atoms with E-state index in [0.717, 1.165) is 18.0 Å². The zero-order valence-corrected chi connectivity index (χ0v) is 14.5. The molecule has 1 saturated heterocycles. The fourth-order valence-corrected chi connectivity index (χ4v) is 4.83. The van der Waals surface area contributed by atoms with Gasteiger partial charge in [0.25, 0.3) is 5.91 Å². The summed E-state index contributed by atoms with van der Waals surface area (Å²) in [5.74, 6) is 0.926. The minimum absolute atomic E-state index is 0.0285. The van der Waals surface area contributed by atoms with E-state index in [-0.39, 0.29) is 11.3 Å². The largest absolute Gasteiger partial charge is 0.465 e. The maximum Gasteiger partial charge on any atom is 0.337 e. The zero-order valence-electron chi connectivity index (χ0n) is 13.7. The average Bonchev–Trinajstić information content (AvgIpc) is 2.51. The van der Waals surface area contributed by atoms with E-state index in [9.17, 15) is 9.59 Å². The number of benzene rings is 1. The van der Waals surface area contributed by atoms with Gasteiger partial charge in [-0.05, 0) is 24.6 Å². The second kappa shape index (κ2) is 6.53. The van der Waals surface area contributed by atoms with Crippen LogP contribution in [0.1, 0.15) is 30.6 Å². The third kappa shape index (κ3) is 3.38. The third-order valence-corrected chi connectivity index (χ3v) is 5.93. The second-order valence-electron chi connectivity index (χ2n) is 6.70. The standard InChI is InChI=1S/C17H22N2O3S/c1-10-6-11(2)9-19(8-10)16-15(20)18-13-7-12(17(21)22-3)4-5-14(13)23-16/h4-5,7,10-11,16H,6,8-9H2,1-3H3,(H,18,20)/p+1. The summed E-state index contributed by atoms with van der Waals surface area (Å²) in [6, 6.07) is 5.34. The number of hydrogen-bond acceptors (Lipinski definition) is 4. The number of likely N-dealkylation sites (tertiary alicyclic amines) is 1. The Morgan fingerprint density at radius 3 is 2.65 bits per heavy atom. The highest BCUT2D eigenvalue weighted by Gasteiger charge is 2.39. The Morgan fingerprint density at radius 2 is 2.00 bits per heavy atom. The molecule has 1 aromatic carbocycles. The van der Waals surface area contributed by atoms with Crippen molar-refractivity contribution in [1.29, 1.82) is 0 Å². The molecule has 23 heavy (non-hydrogen) atoms. The first kappa shape index (κ1) is 16.3. The molecule has 5 nitrogen and oxygen atoms in total. The van der Waals surface area contributed by atoms with Gasteiger partial charge in [-0.15, -0.1) is 0 Å². The van der Waals surface area contributed by atoms with E-state index in [2.05, 4.69) is 19.2 Å². The van der Waals surface area contributed by atoms with E-state index in [1.54, 1.807) is 23.9 Å². The maximum atomic E-state index is 12.6. The minimum atomic E-state index is -0.390. The van der Waals surface area contributed by atoms with Crippen molar-refractivity contribution in [2.24, 2.45) is 11.8 Å². The van der Waals surface area contributed by atoms with Gasteiger partial charge in [-0.25, -0.2) is 4.79 Å². The summed E-state index contributed by atoms with van der Waals surface area (Å²) in [6.07, 6.45) is 1.24. The predicted octanol–water partition coefficient (Wildman–Crippen LogP) is 1.40. The van der Waals surface area contributed by atoms with Crippen molar-refractivity contribution in [3.8, 4) is 0 Å². The summed E-state index contributed by atoms with van der Waals surface area (Å²) >= 11 is 1.60. The highest BCUT2D eigenvalue weighted by atomic mass is 32.2. The summed E-state index contributed by atoms with van der Waals surface area (Å²) in [5.41, 5.74) is 1.16. The molecule has 0 spiro atoms. The molecular weight excluding hydrogens is 312 g/mol. The SMILES string of the molecule is COC(=O)c1ccc2c(c1)NC(=O)C([NH+]1CC(C)CC(C)C1)S2. The average molecular weight is 335 g/mol. The molecule has 124 valence electrons. The number of ether oxygens (including phenoxy) is 1. The number of carbonyl (C=O) groups is 2. The van der Waals surface area contributed by atoms with Crippen LogP contribution in [0.4, 0.5) is 5.69 Å². The third-order valence-electron chi connectivity index (χ3n) is 4.54. The molecule has 0 radical (unpaired) electrons. The van der Waals surface area contributed by atoms with Gasteiger partial charge in [0.1, 0.15) is 0 Å². The van der Waals surface area contributed by atoms with Crippen molar-refractivity contribution < 1.29 is 19.2 Å². The second-order valence-corrected chi connectivity index (χ2v) is 7.85. The van der Waals surface area contributed by atoms with Gasteiger partial charge in [0, 0.05) is 16.7 Å². The zero-order chi connectivity index (χ0) is 16.6. The van der Waals surface area contributed by atoms with E-state index in [4.69, 9.17) is 4.74 Å². The first-order chi connectivity index (χ1) is 11.0. The lowest BCUT2D eigenvalue weighted by Gasteiger charge is -2.37. The number of nitrogens with one attached hydrogen (secondary N) is 2. The number of methoxy groups -OCH3 is 1. The molecule has 3 rings (SSSR count). The fraction of sp³-hybridized carbons (Fsp3) is 0.529. The van der Waals surface area contributed by atoms with Crippen molar-refractivity contribution >= 4 is 29.3 Å². The normalized spacial score (nSPS) is 30.3. The molecule has 6 heteroatoms. The molecule has 3 atom stereocenters.